The lowest BCUT2D eigenvalue weighted by Crippen LogP contribution is -2.35. The molecular weight excluding hydrogens is 218 g/mol. The van der Waals surface area contributed by atoms with Crippen molar-refractivity contribution in [1.82, 2.24) is 5.32 Å². The van der Waals surface area contributed by atoms with Crippen molar-refractivity contribution in [2.75, 3.05) is 13.1 Å². The lowest BCUT2D eigenvalue weighted by Gasteiger charge is -2.32. The highest BCUT2D eigenvalue weighted by Gasteiger charge is 2.25. The predicted octanol–water partition coefficient (Wildman–Crippen LogP) is 4.26. The van der Waals surface area contributed by atoms with Crippen molar-refractivity contribution in [3.8, 4) is 0 Å². The second-order valence-corrected chi connectivity index (χ2v) is 5.58. The summed E-state index contributed by atoms with van der Waals surface area (Å²) >= 11 is 0. The van der Waals surface area contributed by atoms with E-state index in [1.165, 1.54) is 36.0 Å². The first-order valence-electron chi connectivity index (χ1n) is 7.33. The topological polar surface area (TPSA) is 12.0 Å². The minimum Gasteiger partial charge on any atom is -0.316 e. The molecule has 0 aliphatic carbocycles. The predicted molar refractivity (Wildman–Crippen MR) is 81.2 cm³/mol. The van der Waals surface area contributed by atoms with E-state index in [9.17, 15) is 0 Å². The molecule has 0 spiro atoms. The third kappa shape index (κ3) is 3.84. The Balaban J connectivity index is 2.84. The van der Waals surface area contributed by atoms with Crippen molar-refractivity contribution >= 4 is 0 Å². The van der Waals surface area contributed by atoms with Crippen molar-refractivity contribution in [3.63, 3.8) is 0 Å². The standard InChI is InChI=1S/C17H29N/c1-6-17(7-2,13-18-8-3)12-16-10-9-14(4)15(5)11-16/h9-11,18H,6-8,12-13H2,1-5H3. The molecule has 1 heteroatoms. The Morgan fingerprint density at radius 2 is 1.67 bits per heavy atom. The molecule has 0 aromatic heterocycles. The number of hydrogen-bond donors (Lipinski definition) is 1. The van der Waals surface area contributed by atoms with E-state index in [-0.39, 0.29) is 0 Å². The van der Waals surface area contributed by atoms with E-state index in [0.717, 1.165) is 13.1 Å². The molecule has 0 saturated heterocycles. The van der Waals surface area contributed by atoms with Crippen molar-refractivity contribution in [1.29, 1.82) is 0 Å². The Bertz CT molecular complexity index is 364. The third-order valence-electron chi connectivity index (χ3n) is 4.40. The maximum atomic E-state index is 3.54. The number of nitrogens with one attached hydrogen (secondary N) is 1. The zero-order chi connectivity index (χ0) is 13.6. The van der Waals surface area contributed by atoms with E-state index in [1.54, 1.807) is 0 Å². The first-order valence-corrected chi connectivity index (χ1v) is 7.33. The van der Waals surface area contributed by atoms with Crippen LogP contribution < -0.4 is 5.32 Å². The largest absolute Gasteiger partial charge is 0.316 e. The fraction of sp³-hybridized carbons (Fsp3) is 0.647. The summed E-state index contributed by atoms with van der Waals surface area (Å²) in [6, 6.07) is 6.92. The number of rotatable bonds is 7. The molecule has 0 aliphatic heterocycles. The van der Waals surface area contributed by atoms with Gasteiger partial charge in [-0.25, -0.2) is 0 Å². The molecular formula is C17H29N. The van der Waals surface area contributed by atoms with Crippen LogP contribution in [0.3, 0.4) is 0 Å². The highest BCUT2D eigenvalue weighted by Crippen LogP contribution is 2.30. The molecule has 0 saturated carbocycles. The molecule has 0 radical (unpaired) electrons. The molecule has 1 nitrogen and oxygen atoms in total. The molecule has 0 amide bonds. The van der Waals surface area contributed by atoms with Crippen LogP contribution in [-0.4, -0.2) is 13.1 Å². The van der Waals surface area contributed by atoms with Crippen LogP contribution in [0.15, 0.2) is 18.2 Å². The monoisotopic (exact) mass is 247 g/mol. The Labute approximate surface area is 113 Å². The zero-order valence-corrected chi connectivity index (χ0v) is 12.8. The van der Waals surface area contributed by atoms with Crippen LogP contribution in [0.25, 0.3) is 0 Å². The van der Waals surface area contributed by atoms with Gasteiger partial charge in [0.25, 0.3) is 0 Å². The Hall–Kier alpha value is -0.820. The zero-order valence-electron chi connectivity index (χ0n) is 12.8. The van der Waals surface area contributed by atoms with Gasteiger partial charge < -0.3 is 5.32 Å². The van der Waals surface area contributed by atoms with E-state index in [4.69, 9.17) is 0 Å². The molecule has 1 aromatic carbocycles. The molecule has 0 bridgehead atoms. The van der Waals surface area contributed by atoms with Gasteiger partial charge in [0.15, 0.2) is 0 Å². The van der Waals surface area contributed by atoms with Gasteiger partial charge in [0.2, 0.25) is 0 Å². The highest BCUT2D eigenvalue weighted by atomic mass is 14.9. The van der Waals surface area contributed by atoms with Crippen molar-refractivity contribution < 1.29 is 0 Å². The van der Waals surface area contributed by atoms with E-state index >= 15 is 0 Å². The molecule has 0 heterocycles. The number of aryl methyl sites for hydroxylation is 2. The summed E-state index contributed by atoms with van der Waals surface area (Å²) < 4.78 is 0. The summed E-state index contributed by atoms with van der Waals surface area (Å²) in [5.74, 6) is 0. The summed E-state index contributed by atoms with van der Waals surface area (Å²) in [7, 11) is 0. The van der Waals surface area contributed by atoms with Crippen LogP contribution in [0.4, 0.5) is 0 Å². The summed E-state index contributed by atoms with van der Waals surface area (Å²) in [6.45, 7) is 13.4. The van der Waals surface area contributed by atoms with Crippen LogP contribution in [-0.2, 0) is 6.42 Å². The Morgan fingerprint density at radius 1 is 1.00 bits per heavy atom. The highest BCUT2D eigenvalue weighted by molar-refractivity contribution is 5.30. The molecule has 1 rings (SSSR count). The molecule has 0 fully saturated rings. The van der Waals surface area contributed by atoms with Gasteiger partial charge in [-0.2, -0.15) is 0 Å². The van der Waals surface area contributed by atoms with E-state index in [0.29, 0.717) is 5.41 Å². The van der Waals surface area contributed by atoms with Crippen LogP contribution in [0.1, 0.15) is 50.3 Å². The van der Waals surface area contributed by atoms with E-state index in [1.807, 2.05) is 0 Å². The average Bonchev–Trinajstić information content (AvgIpc) is 2.39. The fourth-order valence-electron chi connectivity index (χ4n) is 2.55. The van der Waals surface area contributed by atoms with Gasteiger partial charge in [-0.1, -0.05) is 39.0 Å². The van der Waals surface area contributed by atoms with Crippen molar-refractivity contribution in [2.45, 2.75) is 53.9 Å². The summed E-state index contributed by atoms with van der Waals surface area (Å²) in [4.78, 5) is 0. The van der Waals surface area contributed by atoms with E-state index in [2.05, 4.69) is 58.1 Å². The SMILES string of the molecule is CCNCC(CC)(CC)Cc1ccc(C)c(C)c1. The number of hydrogen-bond acceptors (Lipinski definition) is 1. The average molecular weight is 247 g/mol. The summed E-state index contributed by atoms with van der Waals surface area (Å²) in [5, 5.41) is 3.54. The van der Waals surface area contributed by atoms with Gasteiger partial charge in [0.05, 0.1) is 0 Å². The molecule has 102 valence electrons. The maximum Gasteiger partial charge on any atom is 0.00107 e. The number of benzene rings is 1. The summed E-state index contributed by atoms with van der Waals surface area (Å²) in [5.41, 5.74) is 4.71. The lowest BCUT2D eigenvalue weighted by molar-refractivity contribution is 0.248. The van der Waals surface area contributed by atoms with Gasteiger partial charge in [-0.15, -0.1) is 0 Å². The van der Waals surface area contributed by atoms with Gasteiger partial charge >= 0.3 is 0 Å². The van der Waals surface area contributed by atoms with Gasteiger partial charge in [-0.05, 0) is 61.8 Å². The normalized spacial score (nSPS) is 11.8. The molecule has 0 aliphatic rings. The van der Waals surface area contributed by atoms with E-state index < -0.39 is 0 Å². The van der Waals surface area contributed by atoms with Crippen LogP contribution in [0, 0.1) is 19.3 Å². The molecule has 1 N–H and O–H groups in total. The molecule has 18 heavy (non-hydrogen) atoms. The van der Waals surface area contributed by atoms with Crippen LogP contribution in [0.2, 0.25) is 0 Å². The van der Waals surface area contributed by atoms with Gasteiger partial charge in [0.1, 0.15) is 0 Å². The maximum absolute atomic E-state index is 3.54. The fourth-order valence-corrected chi connectivity index (χ4v) is 2.55. The minimum absolute atomic E-state index is 0.414. The smallest absolute Gasteiger partial charge is 0.00107 e. The Morgan fingerprint density at radius 3 is 2.17 bits per heavy atom. The quantitative estimate of drug-likeness (QED) is 0.759. The molecule has 0 atom stereocenters. The molecule has 1 aromatic rings. The first kappa shape index (κ1) is 15.2. The lowest BCUT2D eigenvalue weighted by atomic mass is 9.76. The second kappa shape index (κ2) is 6.94. The van der Waals surface area contributed by atoms with Crippen molar-refractivity contribution in [3.05, 3.63) is 34.9 Å². The first-order chi connectivity index (χ1) is 8.56. The van der Waals surface area contributed by atoms with Crippen LogP contribution in [0.5, 0.6) is 0 Å². The summed E-state index contributed by atoms with van der Waals surface area (Å²) in [6.07, 6.45) is 3.67. The van der Waals surface area contributed by atoms with Crippen molar-refractivity contribution in [2.24, 2.45) is 5.41 Å². The van der Waals surface area contributed by atoms with Gasteiger partial charge in [-0.3, -0.25) is 0 Å². The Kier molecular flexibility index (Phi) is 5.87. The van der Waals surface area contributed by atoms with Crippen LogP contribution >= 0.6 is 0 Å². The third-order valence-corrected chi connectivity index (χ3v) is 4.40. The molecule has 0 unspecified atom stereocenters. The minimum atomic E-state index is 0.414. The second-order valence-electron chi connectivity index (χ2n) is 5.58. The van der Waals surface area contributed by atoms with Gasteiger partial charge in [0, 0.05) is 6.54 Å².